The van der Waals surface area contributed by atoms with Crippen LogP contribution in [0.3, 0.4) is 0 Å². The summed E-state index contributed by atoms with van der Waals surface area (Å²) < 4.78 is 5.53. The van der Waals surface area contributed by atoms with Crippen LogP contribution < -0.4 is 5.73 Å². The molecule has 4 nitrogen and oxygen atoms in total. The van der Waals surface area contributed by atoms with E-state index < -0.39 is 0 Å². The van der Waals surface area contributed by atoms with E-state index in [1.807, 2.05) is 4.90 Å². The third kappa shape index (κ3) is 3.59. The molecule has 2 fully saturated rings. The highest BCUT2D eigenvalue weighted by molar-refractivity contribution is 5.85. The van der Waals surface area contributed by atoms with Crippen LogP contribution >= 0.6 is 12.4 Å². The molecule has 3 unspecified atom stereocenters. The largest absolute Gasteiger partial charge is 0.378 e. The highest BCUT2D eigenvalue weighted by atomic mass is 35.5. The maximum Gasteiger partial charge on any atom is 0.225 e. The van der Waals surface area contributed by atoms with Crippen LogP contribution in [0.25, 0.3) is 0 Å². The first-order valence-corrected chi connectivity index (χ1v) is 6.83. The van der Waals surface area contributed by atoms with Crippen LogP contribution in [0.15, 0.2) is 0 Å². The Labute approximate surface area is 116 Å². The number of nitrogens with zero attached hydrogens (tertiary/aromatic N) is 1. The second-order valence-corrected chi connectivity index (χ2v) is 5.35. The van der Waals surface area contributed by atoms with Crippen molar-refractivity contribution in [3.8, 4) is 0 Å². The summed E-state index contributed by atoms with van der Waals surface area (Å²) in [7, 11) is 0. The van der Waals surface area contributed by atoms with Gasteiger partial charge in [-0.25, -0.2) is 0 Å². The number of piperidine rings is 1. The van der Waals surface area contributed by atoms with Gasteiger partial charge in [0.1, 0.15) is 0 Å². The fraction of sp³-hybridized carbons (Fsp3) is 0.923. The lowest BCUT2D eigenvalue weighted by Gasteiger charge is -2.39. The fourth-order valence-corrected chi connectivity index (χ4v) is 3.04. The van der Waals surface area contributed by atoms with Gasteiger partial charge < -0.3 is 15.4 Å². The molecule has 0 radical (unpaired) electrons. The van der Waals surface area contributed by atoms with Gasteiger partial charge in [0.25, 0.3) is 0 Å². The number of carbonyl (C=O) groups is 1. The van der Waals surface area contributed by atoms with E-state index in [-0.39, 0.29) is 30.5 Å². The SMILES string of the molecule is CC1CCCN(C(=O)CC2CCCO2)C1CN.Cl. The van der Waals surface area contributed by atoms with Gasteiger partial charge in [-0.05, 0) is 31.6 Å². The minimum Gasteiger partial charge on any atom is -0.378 e. The van der Waals surface area contributed by atoms with Crippen molar-refractivity contribution in [1.29, 1.82) is 0 Å². The molecule has 3 atom stereocenters. The number of carbonyl (C=O) groups excluding carboxylic acids is 1. The van der Waals surface area contributed by atoms with Crippen molar-refractivity contribution in [3.63, 3.8) is 0 Å². The Morgan fingerprint density at radius 1 is 1.39 bits per heavy atom. The number of nitrogens with two attached hydrogens (primary N) is 1. The highest BCUT2D eigenvalue weighted by Crippen LogP contribution is 2.25. The molecular weight excluding hydrogens is 252 g/mol. The van der Waals surface area contributed by atoms with Gasteiger partial charge in [-0.15, -0.1) is 12.4 Å². The number of amides is 1. The van der Waals surface area contributed by atoms with E-state index in [1.54, 1.807) is 0 Å². The summed E-state index contributed by atoms with van der Waals surface area (Å²) >= 11 is 0. The molecule has 0 aromatic rings. The zero-order chi connectivity index (χ0) is 12.3. The summed E-state index contributed by atoms with van der Waals surface area (Å²) in [4.78, 5) is 14.3. The van der Waals surface area contributed by atoms with Gasteiger partial charge >= 0.3 is 0 Å². The van der Waals surface area contributed by atoms with Crippen molar-refractivity contribution >= 4 is 18.3 Å². The lowest BCUT2D eigenvalue weighted by molar-refractivity contribution is -0.138. The second-order valence-electron chi connectivity index (χ2n) is 5.35. The molecule has 0 aromatic carbocycles. The van der Waals surface area contributed by atoms with Crippen LogP contribution in [0.4, 0.5) is 0 Å². The molecule has 2 N–H and O–H groups in total. The first-order chi connectivity index (χ1) is 8.22. The average molecular weight is 277 g/mol. The first-order valence-electron chi connectivity index (χ1n) is 6.83. The Balaban J connectivity index is 0.00000162. The summed E-state index contributed by atoms with van der Waals surface area (Å²) in [6.45, 7) is 4.47. The number of hydrogen-bond acceptors (Lipinski definition) is 3. The van der Waals surface area contributed by atoms with Gasteiger partial charge in [0.15, 0.2) is 0 Å². The van der Waals surface area contributed by atoms with Crippen LogP contribution in [0.1, 0.15) is 39.0 Å². The Hall–Kier alpha value is -0.320. The van der Waals surface area contributed by atoms with Crippen LogP contribution in [0, 0.1) is 5.92 Å². The van der Waals surface area contributed by atoms with Gasteiger partial charge in [0, 0.05) is 25.7 Å². The maximum absolute atomic E-state index is 12.3. The Bertz CT molecular complexity index is 270. The lowest BCUT2D eigenvalue weighted by atomic mass is 9.90. The normalized spacial score (nSPS) is 32.1. The minimum atomic E-state index is 0. The molecule has 0 aromatic heterocycles. The van der Waals surface area contributed by atoms with Gasteiger partial charge in [-0.1, -0.05) is 6.92 Å². The quantitative estimate of drug-likeness (QED) is 0.851. The molecule has 5 heteroatoms. The molecule has 2 aliphatic heterocycles. The number of hydrogen-bond donors (Lipinski definition) is 1. The zero-order valence-corrected chi connectivity index (χ0v) is 12.0. The third-order valence-electron chi connectivity index (χ3n) is 4.10. The van der Waals surface area contributed by atoms with E-state index in [0.717, 1.165) is 32.4 Å². The van der Waals surface area contributed by atoms with E-state index in [0.29, 0.717) is 18.9 Å². The molecule has 0 saturated carbocycles. The molecule has 0 bridgehead atoms. The summed E-state index contributed by atoms with van der Waals surface area (Å²) in [5.74, 6) is 0.765. The lowest BCUT2D eigenvalue weighted by Crippen LogP contribution is -2.51. The van der Waals surface area contributed by atoms with Crippen LogP contribution in [0.2, 0.25) is 0 Å². The van der Waals surface area contributed by atoms with Gasteiger partial charge in [-0.2, -0.15) is 0 Å². The topological polar surface area (TPSA) is 55.6 Å². The summed E-state index contributed by atoms with van der Waals surface area (Å²) in [6.07, 6.45) is 5.11. The molecule has 106 valence electrons. The number of likely N-dealkylation sites (tertiary alicyclic amines) is 1. The molecule has 2 aliphatic rings. The van der Waals surface area contributed by atoms with Gasteiger partial charge in [-0.3, -0.25) is 4.79 Å². The van der Waals surface area contributed by atoms with E-state index in [2.05, 4.69) is 6.92 Å². The summed E-state index contributed by atoms with van der Waals surface area (Å²) in [6, 6.07) is 0.234. The molecule has 2 saturated heterocycles. The van der Waals surface area contributed by atoms with Crippen LogP contribution in [-0.4, -0.2) is 42.6 Å². The van der Waals surface area contributed by atoms with E-state index in [9.17, 15) is 4.79 Å². The molecule has 1 amide bonds. The Kier molecular flexibility index (Phi) is 6.39. The van der Waals surface area contributed by atoms with Gasteiger partial charge in [0.05, 0.1) is 12.5 Å². The molecule has 2 rings (SSSR count). The molecule has 0 aliphatic carbocycles. The molecule has 18 heavy (non-hydrogen) atoms. The van der Waals surface area contributed by atoms with Crippen LogP contribution in [-0.2, 0) is 9.53 Å². The van der Waals surface area contributed by atoms with Crippen molar-refractivity contribution < 1.29 is 9.53 Å². The first kappa shape index (κ1) is 15.7. The fourth-order valence-electron chi connectivity index (χ4n) is 3.04. The molecule has 0 spiro atoms. The number of rotatable bonds is 3. The zero-order valence-electron chi connectivity index (χ0n) is 11.1. The monoisotopic (exact) mass is 276 g/mol. The molecular formula is C13H25ClN2O2. The standard InChI is InChI=1S/C13H24N2O2.ClH/c1-10-4-2-6-15(12(10)9-14)13(16)8-11-5-3-7-17-11;/h10-12H,2-9,14H2,1H3;1H. The Morgan fingerprint density at radius 3 is 2.78 bits per heavy atom. The predicted octanol–water partition coefficient (Wildman–Crippen LogP) is 1.56. The van der Waals surface area contributed by atoms with Crippen LogP contribution in [0.5, 0.6) is 0 Å². The predicted molar refractivity (Wildman–Crippen MR) is 73.8 cm³/mol. The van der Waals surface area contributed by atoms with Gasteiger partial charge in [0.2, 0.25) is 5.91 Å². The minimum absolute atomic E-state index is 0. The van der Waals surface area contributed by atoms with Crippen molar-refractivity contribution in [2.75, 3.05) is 19.7 Å². The summed E-state index contributed by atoms with van der Waals surface area (Å²) in [5.41, 5.74) is 5.80. The second kappa shape index (κ2) is 7.31. The number of ether oxygens (including phenoxy) is 1. The molecule has 2 heterocycles. The van der Waals surface area contributed by atoms with E-state index in [4.69, 9.17) is 10.5 Å². The highest BCUT2D eigenvalue weighted by Gasteiger charge is 2.32. The maximum atomic E-state index is 12.3. The van der Waals surface area contributed by atoms with Crippen molar-refractivity contribution in [2.45, 2.75) is 51.2 Å². The summed E-state index contributed by atoms with van der Waals surface area (Å²) in [5, 5.41) is 0. The smallest absolute Gasteiger partial charge is 0.225 e. The van der Waals surface area contributed by atoms with Crippen molar-refractivity contribution in [2.24, 2.45) is 11.7 Å². The Morgan fingerprint density at radius 2 is 2.17 bits per heavy atom. The average Bonchev–Trinajstić information content (AvgIpc) is 2.81. The van der Waals surface area contributed by atoms with E-state index >= 15 is 0 Å². The van der Waals surface area contributed by atoms with Crippen molar-refractivity contribution in [3.05, 3.63) is 0 Å². The van der Waals surface area contributed by atoms with E-state index in [1.165, 1.54) is 6.42 Å². The van der Waals surface area contributed by atoms with Crippen molar-refractivity contribution in [1.82, 2.24) is 4.90 Å². The number of halogens is 1. The third-order valence-corrected chi connectivity index (χ3v) is 4.10.